The Morgan fingerprint density at radius 1 is 0.917 bits per heavy atom. The molecule has 8 heteroatoms. The standard InChI is InChI=1S/C28H24N4O4/c1-31-27(18-7-5-4-6-8-18)26(28(34)32(31)2)24(33)15-19-9-10-21(17-30-19)36-25-13-14-29-23-16-20(35-3)11-12-22(23)25/h4-14,16-17H,15H2,1-3H3. The van der Waals surface area contributed by atoms with Crippen molar-refractivity contribution in [1.82, 2.24) is 19.3 Å². The van der Waals surface area contributed by atoms with Gasteiger partial charge >= 0.3 is 0 Å². The number of benzene rings is 2. The summed E-state index contributed by atoms with van der Waals surface area (Å²) in [6.07, 6.45) is 3.24. The molecule has 0 bridgehead atoms. The molecule has 5 rings (SSSR count). The fourth-order valence-electron chi connectivity index (χ4n) is 4.16. The van der Waals surface area contributed by atoms with E-state index in [2.05, 4.69) is 9.97 Å². The zero-order valence-corrected chi connectivity index (χ0v) is 20.1. The van der Waals surface area contributed by atoms with Gasteiger partial charge in [-0.05, 0) is 30.3 Å². The normalized spacial score (nSPS) is 11.0. The lowest BCUT2D eigenvalue weighted by atomic mass is 10.0. The molecule has 5 aromatic rings. The molecule has 0 aliphatic rings. The molecule has 0 fully saturated rings. The van der Waals surface area contributed by atoms with Crippen LogP contribution in [0.5, 0.6) is 17.2 Å². The molecule has 0 atom stereocenters. The Labute approximate surface area is 207 Å². The van der Waals surface area contributed by atoms with Crippen LogP contribution >= 0.6 is 0 Å². The molecule has 0 saturated carbocycles. The number of hydrogen-bond donors (Lipinski definition) is 0. The van der Waals surface area contributed by atoms with Crippen molar-refractivity contribution >= 4 is 16.7 Å². The van der Waals surface area contributed by atoms with Crippen LogP contribution in [-0.4, -0.2) is 32.2 Å². The van der Waals surface area contributed by atoms with Gasteiger partial charge in [-0.3, -0.25) is 28.9 Å². The summed E-state index contributed by atoms with van der Waals surface area (Å²) in [6, 6.07) is 20.3. The highest BCUT2D eigenvalue weighted by Gasteiger charge is 2.24. The topological polar surface area (TPSA) is 88.2 Å². The Hall–Kier alpha value is -4.72. The van der Waals surface area contributed by atoms with Crippen LogP contribution in [0.25, 0.3) is 22.2 Å². The summed E-state index contributed by atoms with van der Waals surface area (Å²) >= 11 is 0. The van der Waals surface area contributed by atoms with Gasteiger partial charge in [0.15, 0.2) is 5.78 Å². The van der Waals surface area contributed by atoms with Crippen LogP contribution in [0, 0.1) is 0 Å². The third-order valence-corrected chi connectivity index (χ3v) is 6.12. The molecule has 180 valence electrons. The van der Waals surface area contributed by atoms with E-state index >= 15 is 0 Å². The van der Waals surface area contributed by atoms with Crippen LogP contribution in [0.4, 0.5) is 0 Å². The molecule has 0 aliphatic heterocycles. The number of nitrogens with zero attached hydrogens (tertiary/aromatic N) is 4. The number of pyridine rings is 2. The Balaban J connectivity index is 1.38. The molecule has 0 unspecified atom stereocenters. The van der Waals surface area contributed by atoms with E-state index in [1.54, 1.807) is 56.5 Å². The lowest BCUT2D eigenvalue weighted by molar-refractivity contribution is 0.0991. The van der Waals surface area contributed by atoms with Crippen LogP contribution in [0.2, 0.25) is 0 Å². The molecular weight excluding hydrogens is 456 g/mol. The van der Waals surface area contributed by atoms with Crippen molar-refractivity contribution in [3.8, 4) is 28.5 Å². The number of hydrogen-bond acceptors (Lipinski definition) is 6. The second-order valence-electron chi connectivity index (χ2n) is 8.32. The predicted molar refractivity (Wildman–Crippen MR) is 137 cm³/mol. The van der Waals surface area contributed by atoms with Crippen LogP contribution < -0.4 is 15.0 Å². The smallest absolute Gasteiger partial charge is 0.277 e. The number of ether oxygens (including phenoxy) is 2. The molecular formula is C28H24N4O4. The van der Waals surface area contributed by atoms with Crippen molar-refractivity contribution in [1.29, 1.82) is 0 Å². The second kappa shape index (κ2) is 9.50. The maximum atomic E-state index is 13.3. The van der Waals surface area contributed by atoms with Gasteiger partial charge in [0.1, 0.15) is 22.8 Å². The number of carbonyl (C=O) groups is 1. The van der Waals surface area contributed by atoms with E-state index in [9.17, 15) is 9.59 Å². The van der Waals surface area contributed by atoms with E-state index in [0.717, 1.165) is 16.5 Å². The molecule has 8 nitrogen and oxygen atoms in total. The summed E-state index contributed by atoms with van der Waals surface area (Å²) in [7, 11) is 5.02. The quantitative estimate of drug-likeness (QED) is 0.317. The van der Waals surface area contributed by atoms with E-state index in [4.69, 9.17) is 9.47 Å². The molecule has 0 amide bonds. The third kappa shape index (κ3) is 4.24. The predicted octanol–water partition coefficient (Wildman–Crippen LogP) is 4.56. The Morgan fingerprint density at radius 2 is 1.69 bits per heavy atom. The summed E-state index contributed by atoms with van der Waals surface area (Å²) in [6.45, 7) is 0. The van der Waals surface area contributed by atoms with Gasteiger partial charge in [-0.15, -0.1) is 0 Å². The molecule has 0 radical (unpaired) electrons. The first-order valence-corrected chi connectivity index (χ1v) is 11.4. The van der Waals surface area contributed by atoms with Gasteiger partial charge < -0.3 is 9.47 Å². The molecule has 3 heterocycles. The highest BCUT2D eigenvalue weighted by molar-refractivity contribution is 6.02. The molecule has 36 heavy (non-hydrogen) atoms. The van der Waals surface area contributed by atoms with Gasteiger partial charge in [0, 0.05) is 43.0 Å². The highest BCUT2D eigenvalue weighted by atomic mass is 16.5. The first kappa shape index (κ1) is 23.0. The lowest BCUT2D eigenvalue weighted by Gasteiger charge is -2.10. The number of methoxy groups -OCH3 is 1. The fourth-order valence-corrected chi connectivity index (χ4v) is 4.16. The van der Waals surface area contributed by atoms with Gasteiger partial charge in [0.05, 0.1) is 30.9 Å². The van der Waals surface area contributed by atoms with Gasteiger partial charge in [0.25, 0.3) is 5.56 Å². The number of carbonyl (C=O) groups excluding carboxylic acids is 1. The number of fused-ring (bicyclic) bond motifs is 1. The van der Waals surface area contributed by atoms with Crippen molar-refractivity contribution in [2.24, 2.45) is 14.1 Å². The van der Waals surface area contributed by atoms with Gasteiger partial charge in [-0.1, -0.05) is 30.3 Å². The van der Waals surface area contributed by atoms with Crippen molar-refractivity contribution < 1.29 is 14.3 Å². The van der Waals surface area contributed by atoms with E-state index in [1.165, 1.54) is 4.68 Å². The molecule has 2 aromatic carbocycles. The largest absolute Gasteiger partial charge is 0.497 e. The fraction of sp³-hybridized carbons (Fsp3) is 0.143. The molecule has 0 aliphatic carbocycles. The number of Topliss-reactive ketones (excluding diaryl/α,β-unsaturated/α-hetero) is 1. The molecule has 0 saturated heterocycles. The Morgan fingerprint density at radius 3 is 2.42 bits per heavy atom. The Bertz CT molecular complexity index is 1620. The minimum atomic E-state index is -0.331. The van der Waals surface area contributed by atoms with E-state index in [-0.39, 0.29) is 23.3 Å². The average molecular weight is 481 g/mol. The molecule has 0 spiro atoms. The van der Waals surface area contributed by atoms with Crippen molar-refractivity contribution in [2.75, 3.05) is 7.11 Å². The summed E-state index contributed by atoms with van der Waals surface area (Å²) < 4.78 is 14.4. The Kier molecular flexibility index (Phi) is 6.08. The van der Waals surface area contributed by atoms with Gasteiger partial charge in [0.2, 0.25) is 0 Å². The molecule has 3 aromatic heterocycles. The van der Waals surface area contributed by atoms with Crippen LogP contribution in [0.1, 0.15) is 16.1 Å². The van der Waals surface area contributed by atoms with Crippen LogP contribution in [-0.2, 0) is 20.5 Å². The van der Waals surface area contributed by atoms with Gasteiger partial charge in [-0.25, -0.2) is 0 Å². The number of aromatic nitrogens is 4. The van der Waals surface area contributed by atoms with Crippen molar-refractivity contribution in [3.63, 3.8) is 0 Å². The molecule has 0 N–H and O–H groups in total. The minimum Gasteiger partial charge on any atom is -0.497 e. The van der Waals surface area contributed by atoms with Crippen molar-refractivity contribution in [3.05, 3.63) is 101 Å². The third-order valence-electron chi connectivity index (χ3n) is 6.12. The zero-order valence-electron chi connectivity index (χ0n) is 20.1. The number of ketones is 1. The minimum absolute atomic E-state index is 0.00263. The maximum absolute atomic E-state index is 13.3. The van der Waals surface area contributed by atoms with E-state index in [1.807, 2.05) is 48.5 Å². The van der Waals surface area contributed by atoms with Crippen LogP contribution in [0.3, 0.4) is 0 Å². The summed E-state index contributed by atoms with van der Waals surface area (Å²) in [5, 5.41) is 0.839. The average Bonchev–Trinajstić information content (AvgIpc) is 3.14. The lowest BCUT2D eigenvalue weighted by Crippen LogP contribution is -2.21. The monoisotopic (exact) mass is 480 g/mol. The second-order valence-corrected chi connectivity index (χ2v) is 8.32. The van der Waals surface area contributed by atoms with Crippen molar-refractivity contribution in [2.45, 2.75) is 6.42 Å². The first-order valence-electron chi connectivity index (χ1n) is 11.4. The summed E-state index contributed by atoms with van der Waals surface area (Å²) in [5.41, 5.74) is 2.52. The van der Waals surface area contributed by atoms with E-state index in [0.29, 0.717) is 28.6 Å². The SMILES string of the molecule is COc1ccc2c(Oc3ccc(CC(=O)c4c(-c5ccccc5)n(C)n(C)c4=O)nc3)ccnc2c1. The maximum Gasteiger partial charge on any atom is 0.277 e. The first-order chi connectivity index (χ1) is 17.5. The summed E-state index contributed by atoms with van der Waals surface area (Å²) in [4.78, 5) is 34.9. The van der Waals surface area contributed by atoms with E-state index < -0.39 is 0 Å². The highest BCUT2D eigenvalue weighted by Crippen LogP contribution is 2.30. The number of rotatable bonds is 7. The zero-order chi connectivity index (χ0) is 25.2. The summed E-state index contributed by atoms with van der Waals surface area (Å²) in [5.74, 6) is 1.58. The van der Waals surface area contributed by atoms with Crippen LogP contribution in [0.15, 0.2) is 83.9 Å². The van der Waals surface area contributed by atoms with Gasteiger partial charge in [-0.2, -0.15) is 0 Å².